The number of aromatic nitrogens is 1. The second kappa shape index (κ2) is 8.96. The Morgan fingerprint density at radius 1 is 1.09 bits per heavy atom. The first kappa shape index (κ1) is 21.6. The van der Waals surface area contributed by atoms with Crippen LogP contribution < -0.4 is 10.6 Å². The highest BCUT2D eigenvalue weighted by Crippen LogP contribution is 2.36. The van der Waals surface area contributed by atoms with E-state index >= 15 is 0 Å². The van der Waals surface area contributed by atoms with Crippen molar-refractivity contribution in [3.05, 3.63) is 94.6 Å². The minimum Gasteiger partial charge on any atom is -0.361 e. The predicted molar refractivity (Wildman–Crippen MR) is 134 cm³/mol. The molecule has 3 N–H and O–H groups in total. The number of H-pyrrole nitrogens is 1. The van der Waals surface area contributed by atoms with E-state index in [-0.39, 0.29) is 23.0 Å². The third-order valence-corrected chi connectivity index (χ3v) is 7.44. The number of carbonyl (C=O) groups excluding carboxylic acids is 2. The Morgan fingerprint density at radius 2 is 1.88 bits per heavy atom. The fourth-order valence-electron chi connectivity index (χ4n) is 4.17. The fourth-order valence-corrected chi connectivity index (χ4v) is 5.37. The molecule has 0 aliphatic carbocycles. The lowest BCUT2D eigenvalue weighted by Crippen LogP contribution is -2.30. The van der Waals surface area contributed by atoms with Gasteiger partial charge in [0.05, 0.1) is 10.9 Å². The molecule has 4 aromatic rings. The molecule has 2 atom stereocenters. The number of thioether (sulfide) groups is 1. The largest absolute Gasteiger partial charge is 0.361 e. The summed E-state index contributed by atoms with van der Waals surface area (Å²) in [5, 5.41) is 7.56. The molecule has 166 valence electrons. The van der Waals surface area contributed by atoms with Crippen LogP contribution in [0.2, 0.25) is 5.02 Å². The highest BCUT2D eigenvalue weighted by atomic mass is 35.5. The minimum atomic E-state index is -0.201. The van der Waals surface area contributed by atoms with Crippen molar-refractivity contribution in [3.63, 3.8) is 0 Å². The van der Waals surface area contributed by atoms with Crippen molar-refractivity contribution >= 4 is 51.8 Å². The molecule has 5 rings (SSSR count). The van der Waals surface area contributed by atoms with E-state index < -0.39 is 0 Å². The van der Waals surface area contributed by atoms with Gasteiger partial charge in [-0.25, -0.2) is 0 Å². The van der Waals surface area contributed by atoms with Crippen molar-refractivity contribution in [1.82, 2.24) is 10.3 Å². The standard InChI is InChI=1S/C26H22ClN3O2S/c1-15-25(31)30-23-12-16(10-11-24(23)33-15)26(32)29-14-19(17-6-2-4-8-21(17)27)20-13-28-22-9-5-3-7-18(20)22/h2-13,15,19,28H,14H2,1H3,(H,29,32)(H,30,31)/t15-,19-/m1/s1. The Balaban J connectivity index is 1.43. The van der Waals surface area contributed by atoms with Crippen molar-refractivity contribution in [2.75, 3.05) is 11.9 Å². The van der Waals surface area contributed by atoms with E-state index in [1.807, 2.05) is 61.7 Å². The number of amides is 2. The van der Waals surface area contributed by atoms with Gasteiger partial charge in [-0.2, -0.15) is 0 Å². The summed E-state index contributed by atoms with van der Waals surface area (Å²) >= 11 is 8.05. The highest BCUT2D eigenvalue weighted by molar-refractivity contribution is 8.00. The molecule has 1 aromatic heterocycles. The first-order valence-electron chi connectivity index (χ1n) is 10.7. The van der Waals surface area contributed by atoms with E-state index in [0.717, 1.165) is 26.9 Å². The number of anilines is 1. The van der Waals surface area contributed by atoms with Crippen molar-refractivity contribution < 1.29 is 9.59 Å². The molecule has 7 heteroatoms. The summed E-state index contributed by atoms with van der Waals surface area (Å²) in [6.45, 7) is 2.24. The van der Waals surface area contributed by atoms with Crippen molar-refractivity contribution in [1.29, 1.82) is 0 Å². The molecule has 0 unspecified atom stereocenters. The lowest BCUT2D eigenvalue weighted by atomic mass is 9.90. The van der Waals surface area contributed by atoms with Gasteiger partial charge in [0.1, 0.15) is 0 Å². The SMILES string of the molecule is C[C@H]1Sc2ccc(C(=O)NC[C@H](c3ccccc3Cl)c3c[nH]c4ccccc34)cc2NC1=O. The summed E-state index contributed by atoms with van der Waals surface area (Å²) < 4.78 is 0. The molecule has 0 bridgehead atoms. The molecule has 0 saturated carbocycles. The maximum atomic E-state index is 13.1. The Bertz CT molecular complexity index is 1370. The van der Waals surface area contributed by atoms with Crippen LogP contribution >= 0.6 is 23.4 Å². The molecule has 0 fully saturated rings. The highest BCUT2D eigenvalue weighted by Gasteiger charge is 2.25. The molecular weight excluding hydrogens is 454 g/mol. The molecule has 1 aliphatic heterocycles. The average molecular weight is 476 g/mol. The summed E-state index contributed by atoms with van der Waals surface area (Å²) in [6.07, 6.45) is 1.98. The maximum Gasteiger partial charge on any atom is 0.251 e. The van der Waals surface area contributed by atoms with Gasteiger partial charge in [-0.15, -0.1) is 11.8 Å². The number of hydrogen-bond donors (Lipinski definition) is 3. The molecular formula is C26H22ClN3O2S. The molecule has 2 amide bonds. The molecule has 5 nitrogen and oxygen atoms in total. The normalized spacial score (nSPS) is 16.2. The van der Waals surface area contributed by atoms with E-state index in [4.69, 9.17) is 11.6 Å². The molecule has 0 radical (unpaired) electrons. The van der Waals surface area contributed by atoms with Gasteiger partial charge in [-0.05, 0) is 48.4 Å². The number of aromatic amines is 1. The van der Waals surface area contributed by atoms with Gasteiger partial charge in [-0.3, -0.25) is 9.59 Å². The summed E-state index contributed by atoms with van der Waals surface area (Å²) in [6, 6.07) is 21.2. The summed E-state index contributed by atoms with van der Waals surface area (Å²) in [7, 11) is 0. The number of hydrogen-bond acceptors (Lipinski definition) is 3. The second-order valence-electron chi connectivity index (χ2n) is 8.03. The average Bonchev–Trinajstić information content (AvgIpc) is 3.25. The van der Waals surface area contributed by atoms with Crippen LogP contribution in [0.4, 0.5) is 5.69 Å². The fraction of sp³-hybridized carbons (Fsp3) is 0.154. The first-order valence-corrected chi connectivity index (χ1v) is 12.0. The zero-order chi connectivity index (χ0) is 22.9. The summed E-state index contributed by atoms with van der Waals surface area (Å²) in [4.78, 5) is 29.4. The van der Waals surface area contributed by atoms with Crippen LogP contribution in [0.3, 0.4) is 0 Å². The predicted octanol–water partition coefficient (Wildman–Crippen LogP) is 5.82. The van der Waals surface area contributed by atoms with Crippen LogP contribution in [0.5, 0.6) is 0 Å². The van der Waals surface area contributed by atoms with Gasteiger partial charge in [0.15, 0.2) is 0 Å². The number of nitrogens with one attached hydrogen (secondary N) is 3. The van der Waals surface area contributed by atoms with Gasteiger partial charge >= 0.3 is 0 Å². The van der Waals surface area contributed by atoms with Gasteiger partial charge in [0, 0.05) is 45.0 Å². The van der Waals surface area contributed by atoms with E-state index in [0.29, 0.717) is 22.8 Å². The Labute approximate surface area is 200 Å². The smallest absolute Gasteiger partial charge is 0.251 e. The molecule has 0 saturated heterocycles. The third-order valence-electron chi connectivity index (χ3n) is 5.92. The van der Waals surface area contributed by atoms with Crippen LogP contribution in [0, 0.1) is 0 Å². The quantitative estimate of drug-likeness (QED) is 0.340. The van der Waals surface area contributed by atoms with Gasteiger partial charge in [0.25, 0.3) is 5.91 Å². The Morgan fingerprint density at radius 3 is 2.73 bits per heavy atom. The Hall–Kier alpha value is -3.22. The number of rotatable bonds is 5. The van der Waals surface area contributed by atoms with Crippen LogP contribution in [0.1, 0.15) is 34.3 Å². The van der Waals surface area contributed by atoms with Crippen molar-refractivity contribution in [2.45, 2.75) is 23.0 Å². The first-order chi connectivity index (χ1) is 16.0. The number of fused-ring (bicyclic) bond motifs is 2. The topological polar surface area (TPSA) is 74.0 Å². The number of para-hydroxylation sites is 1. The van der Waals surface area contributed by atoms with E-state index in [9.17, 15) is 9.59 Å². The van der Waals surface area contributed by atoms with Gasteiger partial charge in [-0.1, -0.05) is 48.0 Å². The lowest BCUT2D eigenvalue weighted by molar-refractivity contribution is -0.115. The monoisotopic (exact) mass is 475 g/mol. The summed E-state index contributed by atoms with van der Waals surface area (Å²) in [5.74, 6) is -0.386. The zero-order valence-electron chi connectivity index (χ0n) is 17.9. The number of carbonyl (C=O) groups is 2. The number of halogens is 1. The van der Waals surface area contributed by atoms with E-state index in [1.54, 1.807) is 12.1 Å². The van der Waals surface area contributed by atoms with Crippen molar-refractivity contribution in [2.24, 2.45) is 0 Å². The maximum absolute atomic E-state index is 13.1. The summed E-state index contributed by atoms with van der Waals surface area (Å²) in [5.41, 5.74) is 4.23. The van der Waals surface area contributed by atoms with Crippen LogP contribution in [-0.2, 0) is 4.79 Å². The molecule has 0 spiro atoms. The van der Waals surface area contributed by atoms with Gasteiger partial charge in [0.2, 0.25) is 5.91 Å². The van der Waals surface area contributed by atoms with E-state index in [1.165, 1.54) is 11.8 Å². The second-order valence-corrected chi connectivity index (χ2v) is 9.82. The lowest BCUT2D eigenvalue weighted by Gasteiger charge is -2.22. The van der Waals surface area contributed by atoms with Crippen LogP contribution in [-0.4, -0.2) is 28.6 Å². The number of benzene rings is 3. The third kappa shape index (κ3) is 4.24. The molecule has 33 heavy (non-hydrogen) atoms. The minimum absolute atomic E-state index is 0.0526. The van der Waals surface area contributed by atoms with Crippen LogP contribution in [0.25, 0.3) is 10.9 Å². The zero-order valence-corrected chi connectivity index (χ0v) is 19.5. The van der Waals surface area contributed by atoms with E-state index in [2.05, 4.69) is 21.7 Å². The molecule has 3 aromatic carbocycles. The van der Waals surface area contributed by atoms with Gasteiger partial charge < -0.3 is 15.6 Å². The Kier molecular flexibility index (Phi) is 5.87. The van der Waals surface area contributed by atoms with Crippen LogP contribution in [0.15, 0.2) is 77.8 Å². The molecule has 2 heterocycles. The van der Waals surface area contributed by atoms with Crippen molar-refractivity contribution in [3.8, 4) is 0 Å². The molecule has 1 aliphatic rings.